The van der Waals surface area contributed by atoms with Crippen LogP contribution in [-0.4, -0.2) is 44.3 Å². The van der Waals surface area contributed by atoms with Crippen LogP contribution >= 0.6 is 0 Å². The lowest BCUT2D eigenvalue weighted by atomic mass is 9.74. The van der Waals surface area contributed by atoms with E-state index < -0.39 is 0 Å². The zero-order chi connectivity index (χ0) is 23.0. The third-order valence-corrected chi connectivity index (χ3v) is 7.48. The number of carbonyl (C=O) groups is 2. The predicted octanol–water partition coefficient (Wildman–Crippen LogP) is 3.85. The van der Waals surface area contributed by atoms with Crippen LogP contribution in [-0.2, 0) is 16.0 Å². The van der Waals surface area contributed by atoms with E-state index >= 15 is 0 Å². The fourth-order valence-corrected chi connectivity index (χ4v) is 5.76. The van der Waals surface area contributed by atoms with E-state index in [1.807, 2.05) is 23.2 Å². The molecule has 1 saturated carbocycles. The minimum atomic E-state index is -0.273. The van der Waals surface area contributed by atoms with Gasteiger partial charge in [-0.25, -0.2) is 9.97 Å². The highest BCUT2D eigenvalue weighted by atomic mass is 16.2. The smallest absolute Gasteiger partial charge is 0.225 e. The number of pyridine rings is 1. The molecule has 2 amide bonds. The van der Waals surface area contributed by atoms with Crippen molar-refractivity contribution < 1.29 is 9.59 Å². The number of hydrogen-bond acceptors (Lipinski definition) is 5. The van der Waals surface area contributed by atoms with E-state index in [-0.39, 0.29) is 29.2 Å². The molecule has 2 aliphatic carbocycles. The normalized spacial score (nSPS) is 25.0. The van der Waals surface area contributed by atoms with Crippen LogP contribution < -0.4 is 5.32 Å². The number of carbonyl (C=O) groups excluding carboxylic acids is 2. The lowest BCUT2D eigenvalue weighted by Gasteiger charge is -2.37. The van der Waals surface area contributed by atoms with Gasteiger partial charge in [0, 0.05) is 48.7 Å². The van der Waals surface area contributed by atoms with Crippen LogP contribution in [0.2, 0.25) is 0 Å². The average molecular weight is 448 g/mol. The van der Waals surface area contributed by atoms with Crippen LogP contribution in [0.4, 0.5) is 0 Å². The van der Waals surface area contributed by atoms with E-state index in [4.69, 9.17) is 4.98 Å². The third-order valence-electron chi connectivity index (χ3n) is 7.48. The molecule has 3 heterocycles. The molecule has 0 radical (unpaired) electrons. The maximum Gasteiger partial charge on any atom is 0.225 e. The zero-order valence-electron chi connectivity index (χ0n) is 19.6. The molecule has 0 aromatic carbocycles. The Kier molecular flexibility index (Phi) is 5.89. The van der Waals surface area contributed by atoms with Gasteiger partial charge >= 0.3 is 0 Å². The number of likely N-dealkylation sites (tertiary alicyclic amines) is 1. The van der Waals surface area contributed by atoms with Gasteiger partial charge in [-0.1, -0.05) is 33.1 Å². The first-order chi connectivity index (χ1) is 15.9. The average Bonchev–Trinajstić information content (AvgIpc) is 3.21. The van der Waals surface area contributed by atoms with Crippen molar-refractivity contribution in [3.8, 4) is 11.4 Å². The summed E-state index contributed by atoms with van der Waals surface area (Å²) in [6.45, 7) is 4.98. The molecule has 1 saturated heterocycles. The lowest BCUT2D eigenvalue weighted by Crippen LogP contribution is -2.41. The summed E-state index contributed by atoms with van der Waals surface area (Å²) in [6.07, 6.45) is 13.1. The monoisotopic (exact) mass is 447 g/mol. The van der Waals surface area contributed by atoms with Gasteiger partial charge in [0.2, 0.25) is 11.8 Å². The zero-order valence-corrected chi connectivity index (χ0v) is 19.6. The van der Waals surface area contributed by atoms with Crippen molar-refractivity contribution in [3.63, 3.8) is 0 Å². The van der Waals surface area contributed by atoms with Gasteiger partial charge in [-0.15, -0.1) is 0 Å². The van der Waals surface area contributed by atoms with E-state index in [0.717, 1.165) is 42.5 Å². The van der Waals surface area contributed by atoms with Crippen LogP contribution in [0.1, 0.15) is 76.1 Å². The SMILES string of the molecule is CC1(C)Cc2nc(-c3ccncc3)ncc2C(NC(=O)C2CC(=O)N(C3CCCCC3)C2)C1. The van der Waals surface area contributed by atoms with Gasteiger partial charge < -0.3 is 10.2 Å². The van der Waals surface area contributed by atoms with Gasteiger partial charge in [0.05, 0.1) is 17.7 Å². The fraction of sp³-hybridized carbons (Fsp3) is 0.577. The van der Waals surface area contributed by atoms with Gasteiger partial charge in [0.1, 0.15) is 0 Å². The summed E-state index contributed by atoms with van der Waals surface area (Å²) in [5.74, 6) is 0.527. The van der Waals surface area contributed by atoms with Crippen LogP contribution in [0.5, 0.6) is 0 Å². The van der Waals surface area contributed by atoms with E-state index in [1.54, 1.807) is 12.4 Å². The number of hydrogen-bond donors (Lipinski definition) is 1. The summed E-state index contributed by atoms with van der Waals surface area (Å²) in [4.78, 5) is 41.5. The molecule has 0 spiro atoms. The molecule has 2 atom stereocenters. The Balaban J connectivity index is 1.32. The Morgan fingerprint density at radius 2 is 1.91 bits per heavy atom. The molecule has 0 bridgehead atoms. The molecular formula is C26H33N5O2. The molecule has 33 heavy (non-hydrogen) atoms. The summed E-state index contributed by atoms with van der Waals surface area (Å²) in [5, 5.41) is 3.27. The molecule has 3 aliphatic rings. The van der Waals surface area contributed by atoms with Gasteiger partial charge in [-0.2, -0.15) is 0 Å². The Labute approximate surface area is 195 Å². The molecule has 1 N–H and O–H groups in total. The summed E-state index contributed by atoms with van der Waals surface area (Å²) < 4.78 is 0. The minimum absolute atomic E-state index is 0.00837. The van der Waals surface area contributed by atoms with Crippen molar-refractivity contribution in [2.45, 2.75) is 77.3 Å². The van der Waals surface area contributed by atoms with Crippen molar-refractivity contribution in [1.29, 1.82) is 0 Å². The molecular weight excluding hydrogens is 414 g/mol. The Hall–Kier alpha value is -2.83. The third kappa shape index (κ3) is 4.63. The summed E-state index contributed by atoms with van der Waals surface area (Å²) in [6, 6.07) is 3.99. The quantitative estimate of drug-likeness (QED) is 0.769. The van der Waals surface area contributed by atoms with Crippen molar-refractivity contribution in [1.82, 2.24) is 25.2 Å². The van der Waals surface area contributed by atoms with Crippen LogP contribution in [0, 0.1) is 11.3 Å². The second-order valence-corrected chi connectivity index (χ2v) is 10.7. The summed E-state index contributed by atoms with van der Waals surface area (Å²) in [5.41, 5.74) is 2.93. The van der Waals surface area contributed by atoms with Gasteiger partial charge in [-0.3, -0.25) is 14.6 Å². The molecule has 2 fully saturated rings. The van der Waals surface area contributed by atoms with Crippen molar-refractivity contribution >= 4 is 11.8 Å². The first-order valence-corrected chi connectivity index (χ1v) is 12.3. The first kappa shape index (κ1) is 22.0. The topological polar surface area (TPSA) is 88.1 Å². The van der Waals surface area contributed by atoms with Gasteiger partial charge in [-0.05, 0) is 43.2 Å². The number of amides is 2. The van der Waals surface area contributed by atoms with Crippen LogP contribution in [0.3, 0.4) is 0 Å². The standard InChI is InChI=1S/C26H33N5O2/c1-26(2)13-21-20(15-28-24(29-21)17-8-10-27-11-9-17)22(14-26)30-25(33)18-12-23(32)31(16-18)19-6-4-3-5-7-19/h8-11,15,18-19,22H,3-7,12-14,16H2,1-2H3,(H,30,33). The fourth-order valence-electron chi connectivity index (χ4n) is 5.76. The maximum absolute atomic E-state index is 13.3. The molecule has 7 nitrogen and oxygen atoms in total. The van der Waals surface area contributed by atoms with E-state index in [1.165, 1.54) is 19.3 Å². The Morgan fingerprint density at radius 3 is 2.67 bits per heavy atom. The molecule has 5 rings (SSSR count). The minimum Gasteiger partial charge on any atom is -0.349 e. The number of nitrogens with one attached hydrogen (secondary N) is 1. The van der Waals surface area contributed by atoms with E-state index in [2.05, 4.69) is 29.1 Å². The van der Waals surface area contributed by atoms with Crippen molar-refractivity contribution in [3.05, 3.63) is 42.0 Å². The largest absolute Gasteiger partial charge is 0.349 e. The second-order valence-electron chi connectivity index (χ2n) is 10.7. The highest BCUT2D eigenvalue weighted by Crippen LogP contribution is 2.40. The molecule has 1 aliphatic heterocycles. The molecule has 2 aromatic rings. The number of nitrogens with zero attached hydrogens (tertiary/aromatic N) is 4. The predicted molar refractivity (Wildman–Crippen MR) is 125 cm³/mol. The Morgan fingerprint density at radius 1 is 1.15 bits per heavy atom. The van der Waals surface area contributed by atoms with Gasteiger partial charge in [0.15, 0.2) is 5.82 Å². The van der Waals surface area contributed by atoms with E-state index in [0.29, 0.717) is 24.8 Å². The highest BCUT2D eigenvalue weighted by Gasteiger charge is 2.40. The number of fused-ring (bicyclic) bond motifs is 1. The van der Waals surface area contributed by atoms with Crippen LogP contribution in [0.15, 0.2) is 30.7 Å². The van der Waals surface area contributed by atoms with Crippen molar-refractivity contribution in [2.24, 2.45) is 11.3 Å². The molecule has 2 aromatic heterocycles. The summed E-state index contributed by atoms with van der Waals surface area (Å²) in [7, 11) is 0. The molecule has 7 heteroatoms. The van der Waals surface area contributed by atoms with E-state index in [9.17, 15) is 9.59 Å². The van der Waals surface area contributed by atoms with Gasteiger partial charge in [0.25, 0.3) is 0 Å². The number of rotatable bonds is 4. The highest BCUT2D eigenvalue weighted by molar-refractivity contribution is 5.89. The molecule has 2 unspecified atom stereocenters. The summed E-state index contributed by atoms with van der Waals surface area (Å²) >= 11 is 0. The molecule has 174 valence electrons. The number of aromatic nitrogens is 3. The second kappa shape index (κ2) is 8.84. The Bertz CT molecular complexity index is 1030. The van der Waals surface area contributed by atoms with Crippen molar-refractivity contribution in [2.75, 3.05) is 6.54 Å². The first-order valence-electron chi connectivity index (χ1n) is 12.3. The lowest BCUT2D eigenvalue weighted by molar-refractivity contribution is -0.130. The van der Waals surface area contributed by atoms with Crippen LogP contribution in [0.25, 0.3) is 11.4 Å². The maximum atomic E-state index is 13.3.